The highest BCUT2D eigenvalue weighted by Crippen LogP contribution is 2.37. The minimum Gasteiger partial charge on any atom is -0.548 e. The Labute approximate surface area is 387 Å². The molecular formula is C51H78NO13-. The number of ether oxygens (including phenoxy) is 4. The number of rotatable bonds is 24. The highest BCUT2D eigenvalue weighted by atomic mass is 16.6. The molecule has 0 aromatic carbocycles. The molecule has 0 radical (unpaired) electrons. The first-order valence-electron chi connectivity index (χ1n) is 23.5. The Morgan fingerprint density at radius 2 is 1.58 bits per heavy atom. The van der Waals surface area contributed by atoms with Crippen molar-refractivity contribution in [2.75, 3.05) is 27.9 Å². The maximum absolute atomic E-state index is 13.5. The number of allylic oxidation sites excluding steroid dienone is 8. The molecule has 14 nitrogen and oxygen atoms in total. The topological polar surface area (TPSA) is 209 Å². The number of aliphatic hydroxyl groups excluding tert-OH is 2. The van der Waals surface area contributed by atoms with Gasteiger partial charge in [0.05, 0.1) is 36.4 Å². The smallest absolute Gasteiger partial charge is 0.296 e. The van der Waals surface area contributed by atoms with E-state index < -0.39 is 77.8 Å². The van der Waals surface area contributed by atoms with Crippen LogP contribution in [0.15, 0.2) is 59.8 Å². The van der Waals surface area contributed by atoms with Gasteiger partial charge in [-0.2, -0.15) is 0 Å². The standard InChI is InChI=1S/C51H79NO13/c1-31(26-35(5)45(55)47(64-10)46(56)36(6)28-34(4)41(53)23-19-32(2)27-38-21-24-42(54)44(29-38)63-9)16-12-11-13-17-33(3)43(62-8)30-39-22-20-37(7)51(61,65-39)48(57)49(58)52-25-15-14-18-40(52)50(59)60/h11-13,16-17,19,23,28,31-32,34-35,37-40,42-44,46-47,54,56,61H,14-15,18,20-22,24-27,29-30H2,1-10H3,(H,59,60)/p-1/b13-11+,16-12+,23-19+,33-17+,36-28+/t31-,32+,34-,35-,37-,38+,39+,40+,42-,43+,44-,46-,47+,51-/m1/s1. The number of carbonyl (C=O) groups is 5. The van der Waals surface area contributed by atoms with E-state index in [0.29, 0.717) is 56.4 Å². The molecule has 3 fully saturated rings. The van der Waals surface area contributed by atoms with E-state index in [1.54, 1.807) is 47.1 Å². The Kier molecular flexibility index (Phi) is 22.8. The van der Waals surface area contributed by atoms with Gasteiger partial charge in [0, 0.05) is 52.0 Å². The SMILES string of the molecule is CO[C@@H](C[C@@H]1CC[C@@H](C)[C@](O)(C(=O)C(=O)N2CCCC[C@H]2C(=O)[O-])O1)/C(C)=C/C=C/C=C/[C@@H](C)C[C@@H](C)C(=O)[C@H](OC)[C@H](O)/C(C)=C/[C@@H](C)C(=O)/C=C/[C@H](C)C[C@@H]1CC[C@@H](O)[C@H](OC)C1. The number of ketones is 3. The molecule has 1 saturated carbocycles. The fourth-order valence-corrected chi connectivity index (χ4v) is 9.47. The van der Waals surface area contributed by atoms with Crippen molar-refractivity contribution in [3.05, 3.63) is 59.8 Å². The van der Waals surface area contributed by atoms with E-state index in [-0.39, 0.29) is 42.5 Å². The number of piperidine rings is 1. The van der Waals surface area contributed by atoms with Crippen LogP contribution in [0.4, 0.5) is 0 Å². The van der Waals surface area contributed by atoms with Crippen LogP contribution >= 0.6 is 0 Å². The molecule has 3 rings (SSSR count). The van der Waals surface area contributed by atoms with Gasteiger partial charge in [-0.3, -0.25) is 19.2 Å². The first-order chi connectivity index (χ1) is 30.7. The fraction of sp³-hybridized carbons (Fsp3) is 0.706. The lowest BCUT2D eigenvalue weighted by molar-refractivity contribution is -0.312. The lowest BCUT2D eigenvalue weighted by Crippen LogP contribution is -2.61. The number of aliphatic carboxylic acids is 1. The molecule has 0 unspecified atom stereocenters. The fourth-order valence-electron chi connectivity index (χ4n) is 9.47. The predicted octanol–water partition coefficient (Wildman–Crippen LogP) is 5.17. The minimum absolute atomic E-state index is 0.0143. The number of carboxylic acids is 1. The second kappa shape index (κ2) is 26.6. The van der Waals surface area contributed by atoms with Gasteiger partial charge in [-0.1, -0.05) is 77.2 Å². The van der Waals surface area contributed by atoms with E-state index in [9.17, 15) is 44.4 Å². The number of Topliss-reactive ketones (excluding diaryl/α,β-unsaturated/α-hetero) is 2. The molecule has 1 aliphatic carbocycles. The summed E-state index contributed by atoms with van der Waals surface area (Å²) in [5.41, 5.74) is 1.34. The van der Waals surface area contributed by atoms with Crippen LogP contribution in [0.3, 0.4) is 0 Å². The molecule has 3 aliphatic rings. The summed E-state index contributed by atoms with van der Waals surface area (Å²) in [5.74, 6) is -7.43. The van der Waals surface area contributed by atoms with Crippen LogP contribution in [-0.4, -0.2) is 126 Å². The van der Waals surface area contributed by atoms with Crippen molar-refractivity contribution >= 4 is 29.2 Å². The Morgan fingerprint density at radius 1 is 0.877 bits per heavy atom. The van der Waals surface area contributed by atoms with Crippen LogP contribution in [-0.2, 0) is 42.9 Å². The number of nitrogens with zero attached hydrogens (tertiary/aromatic N) is 1. The molecule has 2 heterocycles. The molecule has 366 valence electrons. The maximum atomic E-state index is 13.5. The molecule has 0 aromatic heterocycles. The lowest BCUT2D eigenvalue weighted by atomic mass is 9.80. The van der Waals surface area contributed by atoms with E-state index in [1.807, 2.05) is 57.2 Å². The number of hydrogen-bond acceptors (Lipinski definition) is 13. The van der Waals surface area contributed by atoms with Crippen LogP contribution in [0.25, 0.3) is 0 Å². The summed E-state index contributed by atoms with van der Waals surface area (Å²) in [6.45, 7) is 12.9. The van der Waals surface area contributed by atoms with E-state index in [2.05, 4.69) is 6.92 Å². The van der Waals surface area contributed by atoms with Crippen LogP contribution in [0.5, 0.6) is 0 Å². The van der Waals surface area contributed by atoms with E-state index in [1.165, 1.54) is 7.11 Å². The summed E-state index contributed by atoms with van der Waals surface area (Å²) < 4.78 is 22.6. The molecule has 14 atom stereocenters. The van der Waals surface area contributed by atoms with Crippen LogP contribution in [0, 0.1) is 35.5 Å². The van der Waals surface area contributed by atoms with Crippen molar-refractivity contribution in [3.63, 3.8) is 0 Å². The Bertz CT molecular complexity index is 1750. The zero-order chi connectivity index (χ0) is 48.6. The third kappa shape index (κ3) is 16.0. The zero-order valence-corrected chi connectivity index (χ0v) is 40.5. The number of carbonyl (C=O) groups excluding carboxylic acids is 5. The van der Waals surface area contributed by atoms with E-state index in [0.717, 1.165) is 29.7 Å². The van der Waals surface area contributed by atoms with Crippen LogP contribution in [0.1, 0.15) is 119 Å². The molecule has 2 aliphatic heterocycles. The van der Waals surface area contributed by atoms with Gasteiger partial charge in [0.1, 0.15) is 12.2 Å². The minimum atomic E-state index is -2.40. The van der Waals surface area contributed by atoms with Gasteiger partial charge >= 0.3 is 0 Å². The molecule has 0 bridgehead atoms. The summed E-state index contributed by atoms with van der Waals surface area (Å²) in [6.07, 6.45) is 17.1. The summed E-state index contributed by atoms with van der Waals surface area (Å²) in [4.78, 5) is 65.8. The second-order valence-corrected chi connectivity index (χ2v) is 19.0. The van der Waals surface area contributed by atoms with Gasteiger partial charge in [-0.05, 0) is 113 Å². The number of amides is 1. The average molecular weight is 913 g/mol. The number of aliphatic hydroxyl groups is 3. The van der Waals surface area contributed by atoms with Gasteiger partial charge in [0.2, 0.25) is 5.79 Å². The quantitative estimate of drug-likeness (QED) is 0.0495. The number of methoxy groups -OCH3 is 3. The second-order valence-electron chi connectivity index (χ2n) is 19.0. The molecule has 3 N–H and O–H groups in total. The van der Waals surface area contributed by atoms with Crippen molar-refractivity contribution in [3.8, 4) is 0 Å². The Hall–Kier alpha value is -3.63. The van der Waals surface area contributed by atoms with Crippen LogP contribution in [0.2, 0.25) is 0 Å². The van der Waals surface area contributed by atoms with Crippen molar-refractivity contribution in [2.45, 2.75) is 168 Å². The van der Waals surface area contributed by atoms with Gasteiger partial charge in [-0.15, -0.1) is 0 Å². The molecular weight excluding hydrogens is 835 g/mol. The maximum Gasteiger partial charge on any atom is 0.296 e. The summed E-state index contributed by atoms with van der Waals surface area (Å²) in [7, 11) is 4.57. The highest BCUT2D eigenvalue weighted by Gasteiger charge is 2.52. The first kappa shape index (κ1) is 55.7. The van der Waals surface area contributed by atoms with E-state index in [4.69, 9.17) is 18.9 Å². The van der Waals surface area contributed by atoms with Gasteiger partial charge in [0.25, 0.3) is 11.7 Å². The normalized spacial score (nSPS) is 29.3. The molecule has 1 amide bonds. The summed E-state index contributed by atoms with van der Waals surface area (Å²) in [6, 6.07) is -1.23. The lowest BCUT2D eigenvalue weighted by Gasteiger charge is -2.43. The van der Waals surface area contributed by atoms with Crippen molar-refractivity contribution < 1.29 is 63.3 Å². The van der Waals surface area contributed by atoms with Gasteiger partial charge in [0.15, 0.2) is 11.6 Å². The Balaban J connectivity index is 1.51. The number of carboxylic acid groups (broad SMARTS) is 1. The summed E-state index contributed by atoms with van der Waals surface area (Å²) >= 11 is 0. The number of hydrogen-bond donors (Lipinski definition) is 3. The van der Waals surface area contributed by atoms with E-state index >= 15 is 0 Å². The molecule has 0 spiro atoms. The van der Waals surface area contributed by atoms with Crippen molar-refractivity contribution in [2.24, 2.45) is 35.5 Å². The molecule has 65 heavy (non-hydrogen) atoms. The summed E-state index contributed by atoms with van der Waals surface area (Å²) in [5, 5.41) is 44.4. The molecule has 2 saturated heterocycles. The number of likely N-dealkylation sites (tertiary alicyclic amines) is 1. The first-order valence-corrected chi connectivity index (χ1v) is 23.5. The average Bonchev–Trinajstić information content (AvgIpc) is 3.28. The van der Waals surface area contributed by atoms with Crippen molar-refractivity contribution in [1.29, 1.82) is 0 Å². The third-order valence-corrected chi connectivity index (χ3v) is 13.7. The Morgan fingerprint density at radius 3 is 2.23 bits per heavy atom. The van der Waals surface area contributed by atoms with Gasteiger partial charge < -0.3 is 49.1 Å². The predicted molar refractivity (Wildman–Crippen MR) is 245 cm³/mol. The highest BCUT2D eigenvalue weighted by molar-refractivity contribution is 6.39. The monoisotopic (exact) mass is 913 g/mol. The molecule has 0 aromatic rings. The molecule has 14 heteroatoms. The van der Waals surface area contributed by atoms with Crippen molar-refractivity contribution in [1.82, 2.24) is 4.90 Å². The zero-order valence-electron chi connectivity index (χ0n) is 40.5. The van der Waals surface area contributed by atoms with Crippen LogP contribution < -0.4 is 5.11 Å². The largest absolute Gasteiger partial charge is 0.548 e. The van der Waals surface area contributed by atoms with Gasteiger partial charge in [-0.25, -0.2) is 0 Å². The third-order valence-electron chi connectivity index (χ3n) is 13.7.